The molecule has 0 aliphatic heterocycles. The molecule has 7 atom stereocenters. The van der Waals surface area contributed by atoms with Crippen LogP contribution in [0, 0.1) is 0 Å². The number of aliphatic hydroxyl groups is 5. The van der Waals surface area contributed by atoms with Gasteiger partial charge in [-0.3, -0.25) is 4.79 Å². The van der Waals surface area contributed by atoms with Crippen LogP contribution in [0.5, 0.6) is 0 Å². The molecule has 0 saturated carbocycles. The lowest BCUT2D eigenvalue weighted by Crippen LogP contribution is -2.36. The van der Waals surface area contributed by atoms with Crippen LogP contribution in [-0.4, -0.2) is 185 Å². The van der Waals surface area contributed by atoms with Gasteiger partial charge in [0.05, 0.1) is 66.1 Å². The van der Waals surface area contributed by atoms with Gasteiger partial charge in [-0.2, -0.15) is 0 Å². The van der Waals surface area contributed by atoms with Gasteiger partial charge in [-0.25, -0.2) is 14.4 Å². The highest BCUT2D eigenvalue weighted by atomic mass is 16.6. The zero-order chi connectivity index (χ0) is 37.6. The van der Waals surface area contributed by atoms with E-state index in [0.29, 0.717) is 0 Å². The monoisotopic (exact) mass is 726 g/mol. The van der Waals surface area contributed by atoms with Gasteiger partial charge in [0.2, 0.25) is 0 Å². The molecule has 0 aromatic carbocycles. The summed E-state index contributed by atoms with van der Waals surface area (Å²) in [7, 11) is 0. The van der Waals surface area contributed by atoms with Crippen LogP contribution in [0.4, 0.5) is 0 Å². The maximum absolute atomic E-state index is 11.3. The Hall–Kier alpha value is -3.34. The van der Waals surface area contributed by atoms with E-state index in [-0.39, 0.29) is 99.0 Å². The fraction of sp³-hybridized carbons (Fsp3) is 0.677. The minimum Gasteiger partial charge on any atom is -0.465 e. The van der Waals surface area contributed by atoms with Crippen LogP contribution in [0.25, 0.3) is 0 Å². The van der Waals surface area contributed by atoms with Gasteiger partial charge in [-0.1, -0.05) is 19.7 Å². The minimum absolute atomic E-state index is 0.149. The van der Waals surface area contributed by atoms with Gasteiger partial charge in [-0.05, 0) is 0 Å². The average Bonchev–Trinajstić information content (AvgIpc) is 3.11. The van der Waals surface area contributed by atoms with E-state index in [1.807, 2.05) is 0 Å². The van der Waals surface area contributed by atoms with Crippen LogP contribution in [-0.2, 0) is 66.5 Å². The zero-order valence-corrected chi connectivity index (χ0v) is 27.8. The molecule has 0 aromatic rings. The molecular formula is C31H50O19. The number of hydrogen-bond acceptors (Lipinski definition) is 19. The van der Waals surface area contributed by atoms with Gasteiger partial charge in [-0.15, -0.1) is 0 Å². The standard InChI is InChI=1S/C31H50O19/c1-4-29(38)48-14-24(35)10-41-7-22(33)8-42-17-27(46-12-25(36)15-49-30(39)5-2)19-44-20-28(18-43-9-23(34)11-45-21-32)47-13-26(37)16-50-31(40)6-3/h4-6,21-28,33-37H,1-3,7-20H2. The predicted molar refractivity (Wildman–Crippen MR) is 168 cm³/mol. The van der Waals surface area contributed by atoms with E-state index in [9.17, 15) is 44.7 Å². The molecule has 0 heterocycles. The Balaban J connectivity index is 5.09. The molecule has 0 aromatic heterocycles. The van der Waals surface area contributed by atoms with Crippen LogP contribution >= 0.6 is 0 Å². The Morgan fingerprint density at radius 2 is 0.720 bits per heavy atom. The van der Waals surface area contributed by atoms with Crippen molar-refractivity contribution in [3.05, 3.63) is 38.0 Å². The SMILES string of the molecule is C=CC(=O)OCC(O)COCC(O)COCC(COCC(COCC(O)COC=O)OCC(O)COC(=O)C=C)OCC(O)COC(=O)C=C. The predicted octanol–water partition coefficient (Wildman–Crippen LogP) is -3.01. The summed E-state index contributed by atoms with van der Waals surface area (Å²) in [5, 5.41) is 50.0. The number of carbonyl (C=O) groups is 4. The molecule has 0 aliphatic rings. The van der Waals surface area contributed by atoms with Crippen molar-refractivity contribution in [3.63, 3.8) is 0 Å². The van der Waals surface area contributed by atoms with E-state index in [1.54, 1.807) is 0 Å². The van der Waals surface area contributed by atoms with Crippen LogP contribution in [0.2, 0.25) is 0 Å². The first-order valence-corrected chi connectivity index (χ1v) is 15.3. The summed E-state index contributed by atoms with van der Waals surface area (Å²) in [4.78, 5) is 43.9. The third-order valence-electron chi connectivity index (χ3n) is 5.62. The molecule has 7 unspecified atom stereocenters. The molecule has 0 saturated heterocycles. The molecular weight excluding hydrogens is 676 g/mol. The third-order valence-corrected chi connectivity index (χ3v) is 5.62. The van der Waals surface area contributed by atoms with Crippen molar-refractivity contribution < 1.29 is 92.1 Å². The Kier molecular flexibility index (Phi) is 28.4. The lowest BCUT2D eigenvalue weighted by atomic mass is 10.3. The molecule has 0 fully saturated rings. The zero-order valence-electron chi connectivity index (χ0n) is 27.8. The fourth-order valence-corrected chi connectivity index (χ4v) is 3.23. The number of aliphatic hydroxyl groups excluding tert-OH is 5. The van der Waals surface area contributed by atoms with Gasteiger partial charge >= 0.3 is 17.9 Å². The highest BCUT2D eigenvalue weighted by Crippen LogP contribution is 2.04. The summed E-state index contributed by atoms with van der Waals surface area (Å²) < 4.78 is 51.9. The van der Waals surface area contributed by atoms with Crippen molar-refractivity contribution in [2.75, 3.05) is 92.5 Å². The molecule has 288 valence electrons. The molecule has 19 nitrogen and oxygen atoms in total. The first-order valence-electron chi connectivity index (χ1n) is 15.3. The molecule has 0 rings (SSSR count). The van der Waals surface area contributed by atoms with Crippen LogP contribution < -0.4 is 0 Å². The Bertz CT molecular complexity index is 962. The second-order valence-corrected chi connectivity index (χ2v) is 10.3. The second kappa shape index (κ2) is 30.5. The number of rotatable bonds is 34. The Morgan fingerprint density at radius 3 is 1.06 bits per heavy atom. The lowest BCUT2D eigenvalue weighted by molar-refractivity contribution is -0.147. The van der Waals surface area contributed by atoms with Crippen molar-refractivity contribution in [1.82, 2.24) is 0 Å². The summed E-state index contributed by atoms with van der Waals surface area (Å²) >= 11 is 0. The van der Waals surface area contributed by atoms with Crippen molar-refractivity contribution in [1.29, 1.82) is 0 Å². The summed E-state index contributed by atoms with van der Waals surface area (Å²) in [5.74, 6) is -2.19. The maximum Gasteiger partial charge on any atom is 0.330 e. The van der Waals surface area contributed by atoms with Gasteiger partial charge in [0, 0.05) is 18.2 Å². The molecule has 50 heavy (non-hydrogen) atoms. The molecule has 5 N–H and O–H groups in total. The lowest BCUT2D eigenvalue weighted by Gasteiger charge is -2.24. The smallest absolute Gasteiger partial charge is 0.330 e. The van der Waals surface area contributed by atoms with E-state index < -0.39 is 60.6 Å². The average molecular weight is 727 g/mol. The van der Waals surface area contributed by atoms with Gasteiger partial charge in [0.15, 0.2) is 0 Å². The summed E-state index contributed by atoms with van der Waals surface area (Å²) in [6, 6.07) is 0. The quantitative estimate of drug-likeness (QED) is 0.0191. The summed E-state index contributed by atoms with van der Waals surface area (Å²) in [6.07, 6.45) is -4.66. The highest BCUT2D eigenvalue weighted by molar-refractivity contribution is 5.81. The van der Waals surface area contributed by atoms with Gasteiger partial charge < -0.3 is 72.9 Å². The maximum atomic E-state index is 11.3. The molecule has 19 heteroatoms. The first kappa shape index (κ1) is 46.7. The van der Waals surface area contributed by atoms with Crippen LogP contribution in [0.1, 0.15) is 0 Å². The fourth-order valence-electron chi connectivity index (χ4n) is 3.23. The second-order valence-electron chi connectivity index (χ2n) is 10.3. The van der Waals surface area contributed by atoms with E-state index in [4.69, 9.17) is 42.6 Å². The van der Waals surface area contributed by atoms with Crippen molar-refractivity contribution in [2.45, 2.75) is 42.7 Å². The first-order chi connectivity index (χ1) is 23.9. The van der Waals surface area contributed by atoms with Gasteiger partial charge in [0.25, 0.3) is 6.47 Å². The summed E-state index contributed by atoms with van der Waals surface area (Å²) in [6.45, 7) is 6.43. The van der Waals surface area contributed by atoms with E-state index in [1.165, 1.54) is 0 Å². The topological polar surface area (TPSA) is 262 Å². The van der Waals surface area contributed by atoms with E-state index >= 15 is 0 Å². The largest absolute Gasteiger partial charge is 0.465 e. The number of hydrogen-bond donors (Lipinski definition) is 5. The van der Waals surface area contributed by atoms with Crippen LogP contribution in [0.3, 0.4) is 0 Å². The molecule has 0 aliphatic carbocycles. The minimum atomic E-state index is -1.21. The Morgan fingerprint density at radius 1 is 0.440 bits per heavy atom. The highest BCUT2D eigenvalue weighted by Gasteiger charge is 2.20. The number of ether oxygens (including phenoxy) is 10. The van der Waals surface area contributed by atoms with Crippen LogP contribution in [0.15, 0.2) is 38.0 Å². The van der Waals surface area contributed by atoms with Crippen molar-refractivity contribution in [2.24, 2.45) is 0 Å². The van der Waals surface area contributed by atoms with E-state index in [2.05, 4.69) is 24.5 Å². The van der Waals surface area contributed by atoms with E-state index in [0.717, 1.165) is 18.2 Å². The molecule has 0 amide bonds. The van der Waals surface area contributed by atoms with Crippen molar-refractivity contribution in [3.8, 4) is 0 Å². The third kappa shape index (κ3) is 27.5. The van der Waals surface area contributed by atoms with Crippen molar-refractivity contribution >= 4 is 24.4 Å². The number of carbonyl (C=O) groups excluding carboxylic acids is 4. The summed E-state index contributed by atoms with van der Waals surface area (Å²) in [5.41, 5.74) is 0. The number of esters is 3. The normalized spacial score (nSPS) is 15.3. The Labute approximate surface area is 289 Å². The van der Waals surface area contributed by atoms with Gasteiger partial charge in [0.1, 0.15) is 69.2 Å². The molecule has 0 radical (unpaired) electrons. The molecule has 0 spiro atoms. The molecule has 0 bridgehead atoms.